The molecular weight excluding hydrogens is 353 g/mol. The Hall–Kier alpha value is -2.73. The molecule has 3 N–H and O–H groups in total. The van der Waals surface area contributed by atoms with Gasteiger partial charge < -0.3 is 15.4 Å². The molecule has 0 aliphatic carbocycles. The van der Waals surface area contributed by atoms with Crippen LogP contribution in [0.15, 0.2) is 60.8 Å². The lowest BCUT2D eigenvalue weighted by Gasteiger charge is -2.41. The third kappa shape index (κ3) is 2.90. The molecule has 0 bridgehead atoms. The molecular formula is C21H19F3N2O. The third-order valence-corrected chi connectivity index (χ3v) is 5.14. The van der Waals surface area contributed by atoms with E-state index >= 15 is 0 Å². The minimum atomic E-state index is -4.41. The van der Waals surface area contributed by atoms with Crippen LogP contribution < -0.4 is 5.32 Å². The second kappa shape index (κ2) is 6.46. The van der Waals surface area contributed by atoms with Crippen molar-refractivity contribution in [1.29, 1.82) is 0 Å². The Bertz CT molecular complexity index is 950. The van der Waals surface area contributed by atoms with Crippen LogP contribution in [0, 0.1) is 0 Å². The van der Waals surface area contributed by atoms with Crippen LogP contribution in [0.2, 0.25) is 0 Å². The maximum Gasteiger partial charge on any atom is 0.416 e. The second-order valence-corrected chi connectivity index (χ2v) is 6.75. The molecule has 1 aliphatic rings. The number of aliphatic hydroxyl groups excluding tert-OH is 1. The van der Waals surface area contributed by atoms with Crippen LogP contribution >= 0.6 is 0 Å². The van der Waals surface area contributed by atoms with Gasteiger partial charge in [-0.05, 0) is 36.6 Å². The van der Waals surface area contributed by atoms with Crippen molar-refractivity contribution in [1.82, 2.24) is 4.98 Å². The van der Waals surface area contributed by atoms with Gasteiger partial charge in [0, 0.05) is 29.6 Å². The average molecular weight is 372 g/mol. The van der Waals surface area contributed by atoms with Crippen molar-refractivity contribution in [3.05, 3.63) is 77.6 Å². The number of aliphatic hydroxyl groups is 1. The fourth-order valence-corrected chi connectivity index (χ4v) is 3.91. The van der Waals surface area contributed by atoms with Crippen LogP contribution in [0.5, 0.6) is 0 Å². The Morgan fingerprint density at radius 2 is 1.74 bits per heavy atom. The van der Waals surface area contributed by atoms with Gasteiger partial charge in [-0.3, -0.25) is 0 Å². The topological polar surface area (TPSA) is 48.0 Å². The van der Waals surface area contributed by atoms with Crippen molar-refractivity contribution in [2.24, 2.45) is 0 Å². The van der Waals surface area contributed by atoms with Gasteiger partial charge in [0.15, 0.2) is 0 Å². The normalized spacial score (nSPS) is 18.5. The summed E-state index contributed by atoms with van der Waals surface area (Å²) in [4.78, 5) is 3.28. The van der Waals surface area contributed by atoms with E-state index in [1.165, 1.54) is 12.1 Å². The van der Waals surface area contributed by atoms with E-state index in [1.807, 2.05) is 36.4 Å². The SMILES string of the molecule is OCCC[C@@]1(c2ccccc2)Nc2cc(C(F)(F)F)ccc2-c2cc[nH]c21. The predicted octanol–water partition coefficient (Wildman–Crippen LogP) is 5.14. The average Bonchev–Trinajstić information content (AvgIpc) is 3.16. The smallest absolute Gasteiger partial charge is 0.396 e. The molecule has 27 heavy (non-hydrogen) atoms. The number of aromatic amines is 1. The zero-order chi connectivity index (χ0) is 19.1. The number of alkyl halides is 3. The van der Waals surface area contributed by atoms with Gasteiger partial charge in [0.1, 0.15) is 5.54 Å². The molecule has 0 spiro atoms. The standard InChI is InChI=1S/C21H19F3N2O/c22-21(23,24)15-7-8-16-17-9-11-25-19(17)20(10-4-12-27,26-18(16)13-15)14-5-2-1-3-6-14/h1-3,5-9,11,13,25-27H,4,10,12H2/t20-/m0/s1. The van der Waals surface area contributed by atoms with Crippen LogP contribution in [-0.4, -0.2) is 16.7 Å². The number of H-pyrrole nitrogens is 1. The van der Waals surface area contributed by atoms with E-state index in [0.717, 1.165) is 28.5 Å². The highest BCUT2D eigenvalue weighted by molar-refractivity contribution is 5.86. The summed E-state index contributed by atoms with van der Waals surface area (Å²) in [6, 6.07) is 15.3. The lowest BCUT2D eigenvalue weighted by molar-refractivity contribution is -0.137. The van der Waals surface area contributed by atoms with Gasteiger partial charge in [0.2, 0.25) is 0 Å². The van der Waals surface area contributed by atoms with Gasteiger partial charge in [0.05, 0.1) is 11.3 Å². The van der Waals surface area contributed by atoms with Crippen molar-refractivity contribution in [3.63, 3.8) is 0 Å². The molecule has 2 heterocycles. The molecule has 1 atom stereocenters. The summed E-state index contributed by atoms with van der Waals surface area (Å²) < 4.78 is 39.7. The number of hydrogen-bond acceptors (Lipinski definition) is 2. The van der Waals surface area contributed by atoms with Gasteiger partial charge in [-0.1, -0.05) is 36.4 Å². The molecule has 3 aromatic rings. The van der Waals surface area contributed by atoms with Crippen molar-refractivity contribution >= 4 is 5.69 Å². The highest BCUT2D eigenvalue weighted by Gasteiger charge is 2.42. The molecule has 140 valence electrons. The van der Waals surface area contributed by atoms with Crippen molar-refractivity contribution in [2.45, 2.75) is 24.6 Å². The Morgan fingerprint density at radius 1 is 0.963 bits per heavy atom. The first-order valence-corrected chi connectivity index (χ1v) is 8.80. The Morgan fingerprint density at radius 3 is 2.44 bits per heavy atom. The molecule has 0 radical (unpaired) electrons. The van der Waals surface area contributed by atoms with Gasteiger partial charge in [0.25, 0.3) is 0 Å². The van der Waals surface area contributed by atoms with E-state index in [9.17, 15) is 18.3 Å². The zero-order valence-electron chi connectivity index (χ0n) is 14.5. The van der Waals surface area contributed by atoms with Crippen LogP contribution in [0.1, 0.15) is 29.7 Å². The molecule has 4 rings (SSSR count). The molecule has 3 nitrogen and oxygen atoms in total. The predicted molar refractivity (Wildman–Crippen MR) is 98.4 cm³/mol. The molecule has 1 aliphatic heterocycles. The minimum Gasteiger partial charge on any atom is -0.396 e. The fourth-order valence-electron chi connectivity index (χ4n) is 3.91. The first-order valence-electron chi connectivity index (χ1n) is 8.80. The lowest BCUT2D eigenvalue weighted by atomic mass is 9.76. The molecule has 0 saturated heterocycles. The number of aromatic nitrogens is 1. The summed E-state index contributed by atoms with van der Waals surface area (Å²) in [6.07, 6.45) is -1.56. The van der Waals surface area contributed by atoms with Crippen LogP contribution in [0.4, 0.5) is 18.9 Å². The number of nitrogens with one attached hydrogen (secondary N) is 2. The molecule has 0 fully saturated rings. The highest BCUT2D eigenvalue weighted by Crippen LogP contribution is 2.49. The lowest BCUT2D eigenvalue weighted by Crippen LogP contribution is -2.40. The fraction of sp³-hybridized carbons (Fsp3) is 0.238. The maximum absolute atomic E-state index is 13.2. The number of benzene rings is 2. The minimum absolute atomic E-state index is 0.00174. The molecule has 0 unspecified atom stereocenters. The molecule has 2 aromatic carbocycles. The van der Waals surface area contributed by atoms with E-state index in [1.54, 1.807) is 6.20 Å². The number of anilines is 1. The van der Waals surface area contributed by atoms with E-state index in [4.69, 9.17) is 0 Å². The summed E-state index contributed by atoms with van der Waals surface area (Å²) in [5.74, 6) is 0. The number of rotatable bonds is 4. The van der Waals surface area contributed by atoms with Crippen LogP contribution in [-0.2, 0) is 11.7 Å². The van der Waals surface area contributed by atoms with Crippen LogP contribution in [0.3, 0.4) is 0 Å². The monoisotopic (exact) mass is 372 g/mol. The highest BCUT2D eigenvalue weighted by atomic mass is 19.4. The number of halogens is 3. The Balaban J connectivity index is 1.93. The van der Waals surface area contributed by atoms with Gasteiger partial charge >= 0.3 is 6.18 Å². The number of hydrogen-bond donors (Lipinski definition) is 3. The zero-order valence-corrected chi connectivity index (χ0v) is 14.5. The maximum atomic E-state index is 13.2. The largest absolute Gasteiger partial charge is 0.416 e. The van der Waals surface area contributed by atoms with E-state index in [0.29, 0.717) is 18.5 Å². The number of fused-ring (bicyclic) bond motifs is 3. The molecule has 0 saturated carbocycles. The van der Waals surface area contributed by atoms with Gasteiger partial charge in [-0.15, -0.1) is 0 Å². The summed E-state index contributed by atoms with van der Waals surface area (Å²) in [7, 11) is 0. The third-order valence-electron chi connectivity index (χ3n) is 5.14. The van der Waals surface area contributed by atoms with Gasteiger partial charge in [-0.2, -0.15) is 13.2 Å². The Labute approximate surface area is 154 Å². The Kier molecular flexibility index (Phi) is 4.23. The van der Waals surface area contributed by atoms with Crippen LogP contribution in [0.25, 0.3) is 11.1 Å². The van der Waals surface area contributed by atoms with E-state index < -0.39 is 17.3 Å². The molecule has 6 heteroatoms. The first-order chi connectivity index (χ1) is 13.0. The molecule has 1 aromatic heterocycles. The second-order valence-electron chi connectivity index (χ2n) is 6.75. The van der Waals surface area contributed by atoms with Crippen molar-refractivity contribution in [2.75, 3.05) is 11.9 Å². The summed E-state index contributed by atoms with van der Waals surface area (Å²) >= 11 is 0. The van der Waals surface area contributed by atoms with E-state index in [2.05, 4.69) is 10.3 Å². The summed E-state index contributed by atoms with van der Waals surface area (Å²) in [6.45, 7) is 0.00174. The van der Waals surface area contributed by atoms with E-state index in [-0.39, 0.29) is 6.61 Å². The molecule has 0 amide bonds. The summed E-state index contributed by atoms with van der Waals surface area (Å²) in [5, 5.41) is 12.8. The van der Waals surface area contributed by atoms with Gasteiger partial charge in [-0.25, -0.2) is 0 Å². The van der Waals surface area contributed by atoms with Crippen molar-refractivity contribution in [3.8, 4) is 11.1 Å². The quantitative estimate of drug-likeness (QED) is 0.594. The summed E-state index contributed by atoms with van der Waals surface area (Å²) in [5.41, 5.74) is 2.46. The first kappa shape index (κ1) is 17.7. The van der Waals surface area contributed by atoms with Crippen molar-refractivity contribution < 1.29 is 18.3 Å².